The smallest absolute Gasteiger partial charge is 0.303 e. The van der Waals surface area contributed by atoms with Crippen LogP contribution in [0.4, 0.5) is 11.4 Å². The maximum absolute atomic E-state index is 12.2. The zero-order valence-corrected chi connectivity index (χ0v) is 34.5. The third-order valence-corrected chi connectivity index (χ3v) is 12.7. The molecule has 0 unspecified atom stereocenters. The van der Waals surface area contributed by atoms with E-state index in [0.29, 0.717) is 18.0 Å². The van der Waals surface area contributed by atoms with E-state index in [1.165, 1.54) is 6.07 Å². The average Bonchev–Trinajstić information content (AvgIpc) is 3.44. The molecule has 2 aromatic rings. The molecule has 292 valence electrons. The van der Waals surface area contributed by atoms with Crippen molar-refractivity contribution in [2.75, 3.05) is 18.0 Å². The third-order valence-electron chi connectivity index (χ3n) is 10.8. The van der Waals surface area contributed by atoms with Crippen LogP contribution in [-0.4, -0.2) is 47.4 Å². The first-order valence-corrected chi connectivity index (χ1v) is 21.0. The van der Waals surface area contributed by atoms with E-state index in [-0.39, 0.29) is 16.7 Å². The predicted molar refractivity (Wildman–Crippen MR) is 212 cm³/mol. The Morgan fingerprint density at radius 1 is 1.02 bits per heavy atom. The van der Waals surface area contributed by atoms with Crippen LogP contribution >= 0.6 is 23.6 Å². The number of hydrogen-bond donors (Lipinski definition) is 2. The number of anilines is 1. The Morgan fingerprint density at radius 2 is 1.76 bits per heavy atom. The summed E-state index contributed by atoms with van der Waals surface area (Å²) in [4.78, 5) is 14.0. The lowest BCUT2D eigenvalue weighted by molar-refractivity contribution is -0.777. The minimum atomic E-state index is -4.42. The van der Waals surface area contributed by atoms with Crippen molar-refractivity contribution in [2.45, 2.75) is 120 Å². The summed E-state index contributed by atoms with van der Waals surface area (Å²) in [7, 11) is -4.42. The van der Waals surface area contributed by atoms with Crippen molar-refractivity contribution < 1.29 is 42.1 Å². The monoisotopic (exact) mass is 798 g/mol. The third kappa shape index (κ3) is 8.60. The second-order valence-electron chi connectivity index (χ2n) is 15.4. The summed E-state index contributed by atoms with van der Waals surface area (Å²) in [5.41, 5.74) is 9.11. The Hall–Kier alpha value is -3.23. The molecule has 1 aliphatic carbocycles. The first-order chi connectivity index (χ1) is 25.4. The van der Waals surface area contributed by atoms with Crippen molar-refractivity contribution in [3.63, 3.8) is 0 Å². The van der Waals surface area contributed by atoms with E-state index in [9.17, 15) is 23.0 Å². The number of halogens is 1. The van der Waals surface area contributed by atoms with E-state index in [4.69, 9.17) is 16.7 Å². The van der Waals surface area contributed by atoms with Gasteiger partial charge in [0.1, 0.15) is 6.54 Å². The highest BCUT2D eigenvalue weighted by molar-refractivity contribution is 7.94. The van der Waals surface area contributed by atoms with Gasteiger partial charge >= 0.3 is 5.97 Å². The molecule has 13 heteroatoms. The Balaban J connectivity index is 1.51. The van der Waals surface area contributed by atoms with Crippen molar-refractivity contribution in [2.24, 2.45) is 0 Å². The molecule has 0 aromatic heterocycles. The van der Waals surface area contributed by atoms with Crippen LogP contribution in [0.2, 0.25) is 0 Å². The summed E-state index contributed by atoms with van der Waals surface area (Å²) in [6.07, 6.45) is 14.2. The van der Waals surface area contributed by atoms with Crippen LogP contribution in [0.3, 0.4) is 0 Å². The van der Waals surface area contributed by atoms with Crippen molar-refractivity contribution in [1.29, 1.82) is 0 Å². The molecule has 0 fully saturated rings. The molecule has 10 nitrogen and oxygen atoms in total. The lowest BCUT2D eigenvalue weighted by atomic mass is 9.80. The minimum Gasteiger partial charge on any atom is -0.691 e. The molecule has 2 N–H and O–H groups in total. The summed E-state index contributed by atoms with van der Waals surface area (Å²) in [6.45, 7) is 16.1. The molecule has 0 saturated heterocycles. The highest BCUT2D eigenvalue weighted by Crippen LogP contribution is 2.51. The molecular weight excluding hydrogens is 748 g/mol. The number of hydrogen-bond acceptors (Lipinski definition) is 8. The van der Waals surface area contributed by atoms with Gasteiger partial charge in [-0.15, -0.1) is 0 Å². The minimum absolute atomic E-state index is 0.115. The van der Waals surface area contributed by atoms with E-state index in [1.807, 2.05) is 13.0 Å². The van der Waals surface area contributed by atoms with E-state index in [1.54, 1.807) is 6.07 Å². The number of carbonyl (C=O) groups is 1. The fraction of sp³-hybridized carbons (Fsp3) is 0.463. The van der Waals surface area contributed by atoms with E-state index in [0.717, 1.165) is 118 Å². The molecule has 54 heavy (non-hydrogen) atoms. The number of rotatable bonds is 15. The Bertz CT molecular complexity index is 2080. The molecule has 2 aromatic carbocycles. The SMILES string of the molecule is CCC[N+]1=C(/C=C/C2=C(Cl)C(=C/C=C3/N(CCCCCC(=O)O)c4c(C)cc(S(=O)(=O)O)cc4C3(C)C)/CCC2)C(C)(C)c2cc(SOO[O-])cc(C)c21. The summed E-state index contributed by atoms with van der Waals surface area (Å²) >= 11 is 8.11. The number of aliphatic carboxylic acids is 1. The second kappa shape index (κ2) is 16.9. The number of benzene rings is 2. The molecule has 0 spiro atoms. The van der Waals surface area contributed by atoms with Gasteiger partial charge in [0.2, 0.25) is 5.69 Å². The van der Waals surface area contributed by atoms with Gasteiger partial charge in [-0.3, -0.25) is 14.4 Å². The molecule has 2 heterocycles. The highest BCUT2D eigenvalue weighted by Gasteiger charge is 2.46. The number of carboxylic acid groups (broad SMARTS) is 1. The average molecular weight is 799 g/mol. The van der Waals surface area contributed by atoms with Gasteiger partial charge in [0, 0.05) is 63.3 Å². The second-order valence-corrected chi connectivity index (χ2v) is 18.0. The highest BCUT2D eigenvalue weighted by atomic mass is 35.5. The van der Waals surface area contributed by atoms with Crippen LogP contribution in [0, 0.1) is 13.8 Å². The zero-order chi connectivity index (χ0) is 39.6. The molecule has 0 saturated carbocycles. The van der Waals surface area contributed by atoms with Crippen LogP contribution in [0.25, 0.3) is 0 Å². The van der Waals surface area contributed by atoms with Crippen LogP contribution in [0.15, 0.2) is 80.2 Å². The van der Waals surface area contributed by atoms with Gasteiger partial charge in [0.15, 0.2) is 5.71 Å². The summed E-state index contributed by atoms with van der Waals surface area (Å²) in [5.74, 6) is -0.813. The summed E-state index contributed by atoms with van der Waals surface area (Å²) in [5, 5.41) is 24.0. The van der Waals surface area contributed by atoms with E-state index in [2.05, 4.69) is 90.8 Å². The lowest BCUT2D eigenvalue weighted by Gasteiger charge is -2.27. The summed E-state index contributed by atoms with van der Waals surface area (Å²) < 4.78 is 41.4. The number of nitrogens with zero attached hydrogens (tertiary/aromatic N) is 2. The fourth-order valence-electron chi connectivity index (χ4n) is 8.18. The quantitative estimate of drug-likeness (QED) is 0.0448. The molecule has 0 atom stereocenters. The standard InChI is InChI=1S/C41H51ClN2O8S2/c1-8-20-43-34(40(4,5)32-24-30(53-52-51-47)22-26(2)38(32)43)18-16-28-13-12-14-29(37(28)42)17-19-35-41(6,7)33-25-31(54(48,49)50)23-27(3)39(33)44(35)21-11-9-10-15-36(45)46/h16-19,22-25H,8-15,20-21H2,1-7H3,(H2-,45,46,47,48,49,50). The first-order valence-electron chi connectivity index (χ1n) is 18.5. The van der Waals surface area contributed by atoms with Gasteiger partial charge < -0.3 is 15.3 Å². The van der Waals surface area contributed by atoms with Gasteiger partial charge in [-0.1, -0.05) is 50.9 Å². The topological polar surface area (TPSA) is 139 Å². The first kappa shape index (κ1) is 41.9. The Morgan fingerprint density at radius 3 is 2.43 bits per heavy atom. The number of unbranched alkanes of at least 4 members (excludes halogenated alkanes) is 2. The molecule has 3 aliphatic rings. The number of carboxylic acids is 1. The number of allylic oxidation sites excluding steroid dienone is 8. The van der Waals surface area contributed by atoms with Crippen LogP contribution < -0.4 is 10.2 Å². The molecule has 0 bridgehead atoms. The maximum Gasteiger partial charge on any atom is 0.303 e. The van der Waals surface area contributed by atoms with E-state index >= 15 is 0 Å². The molecule has 0 amide bonds. The van der Waals surface area contributed by atoms with Crippen molar-refractivity contribution in [3.05, 3.63) is 92.7 Å². The molecular formula is C41H51ClN2O8S2. The predicted octanol–water partition coefficient (Wildman–Crippen LogP) is 9.05. The molecule has 0 radical (unpaired) electrons. The van der Waals surface area contributed by atoms with E-state index < -0.39 is 21.5 Å². The largest absolute Gasteiger partial charge is 0.691 e. The van der Waals surface area contributed by atoms with Crippen molar-refractivity contribution in [1.82, 2.24) is 0 Å². The van der Waals surface area contributed by atoms with Gasteiger partial charge in [-0.2, -0.15) is 17.3 Å². The molecule has 2 aliphatic heterocycles. The maximum atomic E-state index is 12.2. The zero-order valence-electron chi connectivity index (χ0n) is 32.1. The lowest BCUT2D eigenvalue weighted by Crippen LogP contribution is -2.28. The van der Waals surface area contributed by atoms with Gasteiger partial charge in [-0.05, 0) is 112 Å². The van der Waals surface area contributed by atoms with Gasteiger partial charge in [-0.25, -0.2) is 0 Å². The van der Waals surface area contributed by atoms with Gasteiger partial charge in [0.05, 0.1) is 22.4 Å². The number of fused-ring (bicyclic) bond motifs is 2. The van der Waals surface area contributed by atoms with Crippen molar-refractivity contribution >= 4 is 56.8 Å². The fourth-order valence-corrected chi connectivity index (χ4v) is 9.58. The Labute approximate surface area is 328 Å². The van der Waals surface area contributed by atoms with Crippen LogP contribution in [0.1, 0.15) is 108 Å². The molecule has 5 rings (SSSR count). The number of aryl methyl sites for hydroxylation is 2. The Kier molecular flexibility index (Phi) is 13.1. The van der Waals surface area contributed by atoms with Crippen molar-refractivity contribution in [3.8, 4) is 0 Å². The van der Waals surface area contributed by atoms with Crippen LogP contribution in [-0.2, 0) is 35.1 Å². The normalized spacial score (nSPS) is 19.5. The van der Waals surface area contributed by atoms with Gasteiger partial charge in [0.25, 0.3) is 10.1 Å². The van der Waals surface area contributed by atoms with Crippen LogP contribution in [0.5, 0.6) is 0 Å². The summed E-state index contributed by atoms with van der Waals surface area (Å²) in [6, 6.07) is 7.13.